The SMILES string of the molecule is CC(C)(CCO[SiH3])CC(c1ccccc1)C(C)(C)C. The molecule has 0 N–H and O–H groups in total. The average Bonchev–Trinajstić information content (AvgIpc) is 2.33. The summed E-state index contributed by atoms with van der Waals surface area (Å²) in [6, 6.07) is 11.0. The molecular formula is C17H30OSi. The maximum Gasteiger partial charge on any atom is 0.145 e. The number of benzene rings is 1. The fourth-order valence-corrected chi connectivity index (χ4v) is 2.85. The molecule has 1 aromatic rings. The van der Waals surface area contributed by atoms with E-state index < -0.39 is 0 Å². The molecule has 1 unspecified atom stereocenters. The summed E-state index contributed by atoms with van der Waals surface area (Å²) < 4.78 is 5.39. The third kappa shape index (κ3) is 5.49. The number of hydrogen-bond donors (Lipinski definition) is 0. The summed E-state index contributed by atoms with van der Waals surface area (Å²) in [7, 11) is 0.848. The van der Waals surface area contributed by atoms with E-state index in [-0.39, 0.29) is 0 Å². The van der Waals surface area contributed by atoms with Gasteiger partial charge in [-0.2, -0.15) is 0 Å². The molecule has 1 atom stereocenters. The van der Waals surface area contributed by atoms with Crippen LogP contribution in [0.15, 0.2) is 30.3 Å². The first-order valence-electron chi connectivity index (χ1n) is 7.30. The molecule has 0 heterocycles. The Kier molecular flexibility index (Phi) is 5.81. The third-order valence-electron chi connectivity index (χ3n) is 3.99. The van der Waals surface area contributed by atoms with E-state index in [2.05, 4.69) is 65.0 Å². The highest BCUT2D eigenvalue weighted by molar-refractivity contribution is 5.97. The van der Waals surface area contributed by atoms with Crippen molar-refractivity contribution in [1.29, 1.82) is 0 Å². The van der Waals surface area contributed by atoms with Crippen LogP contribution in [0.5, 0.6) is 0 Å². The van der Waals surface area contributed by atoms with Gasteiger partial charge in [0.15, 0.2) is 0 Å². The van der Waals surface area contributed by atoms with Gasteiger partial charge in [-0.25, -0.2) is 0 Å². The molecule has 0 aliphatic heterocycles. The van der Waals surface area contributed by atoms with E-state index in [9.17, 15) is 0 Å². The average molecular weight is 279 g/mol. The fraction of sp³-hybridized carbons (Fsp3) is 0.647. The van der Waals surface area contributed by atoms with Crippen LogP contribution >= 0.6 is 0 Å². The Morgan fingerprint density at radius 3 is 2.11 bits per heavy atom. The molecule has 0 amide bonds. The molecule has 1 aromatic carbocycles. The summed E-state index contributed by atoms with van der Waals surface area (Å²) in [6.45, 7) is 12.7. The molecule has 1 rings (SSSR count). The predicted octanol–water partition coefficient (Wildman–Crippen LogP) is 3.92. The highest BCUT2D eigenvalue weighted by Gasteiger charge is 2.31. The standard InChI is InChI=1S/C17H30OSi/c1-16(2,3)15(14-9-7-6-8-10-14)13-17(4,5)11-12-18-19/h6-10,15H,11-13H2,1-5,19H3. The minimum Gasteiger partial charge on any atom is -0.428 e. The predicted molar refractivity (Wildman–Crippen MR) is 87.5 cm³/mol. The summed E-state index contributed by atoms with van der Waals surface area (Å²) in [5.41, 5.74) is 2.09. The van der Waals surface area contributed by atoms with Gasteiger partial charge in [-0.15, -0.1) is 0 Å². The summed E-state index contributed by atoms with van der Waals surface area (Å²) in [5, 5.41) is 0. The lowest BCUT2D eigenvalue weighted by atomic mass is 9.68. The maximum atomic E-state index is 5.39. The topological polar surface area (TPSA) is 9.23 Å². The number of rotatable bonds is 6. The molecule has 2 heteroatoms. The van der Waals surface area contributed by atoms with Crippen LogP contribution in [0.4, 0.5) is 0 Å². The largest absolute Gasteiger partial charge is 0.428 e. The Hall–Kier alpha value is -0.603. The zero-order valence-corrected chi connectivity index (χ0v) is 15.5. The van der Waals surface area contributed by atoms with Gasteiger partial charge >= 0.3 is 0 Å². The smallest absolute Gasteiger partial charge is 0.145 e. The first-order chi connectivity index (χ1) is 8.76. The maximum absolute atomic E-state index is 5.39. The Morgan fingerprint density at radius 1 is 1.05 bits per heavy atom. The lowest BCUT2D eigenvalue weighted by molar-refractivity contribution is 0.175. The summed E-state index contributed by atoms with van der Waals surface area (Å²) in [6.07, 6.45) is 2.36. The van der Waals surface area contributed by atoms with E-state index in [0.717, 1.165) is 23.5 Å². The molecule has 0 bridgehead atoms. The zero-order chi connectivity index (χ0) is 14.5. The lowest BCUT2D eigenvalue weighted by Gasteiger charge is -2.37. The van der Waals surface area contributed by atoms with Crippen LogP contribution in [0.3, 0.4) is 0 Å². The van der Waals surface area contributed by atoms with Crippen molar-refractivity contribution in [2.75, 3.05) is 6.61 Å². The Bertz CT molecular complexity index is 365. The van der Waals surface area contributed by atoms with Gasteiger partial charge in [0.25, 0.3) is 0 Å². The van der Waals surface area contributed by atoms with Crippen molar-refractivity contribution in [3.63, 3.8) is 0 Å². The van der Waals surface area contributed by atoms with E-state index in [1.165, 1.54) is 12.0 Å². The third-order valence-corrected chi connectivity index (χ3v) is 4.40. The van der Waals surface area contributed by atoms with Crippen LogP contribution in [0.25, 0.3) is 0 Å². The number of hydrogen-bond acceptors (Lipinski definition) is 1. The van der Waals surface area contributed by atoms with Crippen molar-refractivity contribution in [2.24, 2.45) is 10.8 Å². The van der Waals surface area contributed by atoms with Crippen molar-refractivity contribution in [2.45, 2.75) is 53.4 Å². The second-order valence-electron chi connectivity index (χ2n) is 7.44. The van der Waals surface area contributed by atoms with Crippen LogP contribution in [-0.4, -0.2) is 17.1 Å². The van der Waals surface area contributed by atoms with Crippen molar-refractivity contribution in [3.8, 4) is 0 Å². The lowest BCUT2D eigenvalue weighted by Crippen LogP contribution is -2.26. The second kappa shape index (κ2) is 6.71. The fourth-order valence-electron chi connectivity index (χ4n) is 2.64. The van der Waals surface area contributed by atoms with Crippen molar-refractivity contribution >= 4 is 10.5 Å². The van der Waals surface area contributed by atoms with E-state index in [1.807, 2.05) is 0 Å². The van der Waals surface area contributed by atoms with Gasteiger partial charge in [0, 0.05) is 6.61 Å². The van der Waals surface area contributed by atoms with Crippen molar-refractivity contribution < 1.29 is 4.43 Å². The molecule has 0 radical (unpaired) electrons. The summed E-state index contributed by atoms with van der Waals surface area (Å²) in [4.78, 5) is 0. The molecular weight excluding hydrogens is 248 g/mol. The minimum atomic E-state index is 0.292. The Balaban J connectivity index is 2.88. The quantitative estimate of drug-likeness (QED) is 0.717. The molecule has 0 aliphatic rings. The molecule has 1 nitrogen and oxygen atoms in total. The van der Waals surface area contributed by atoms with Crippen LogP contribution in [-0.2, 0) is 4.43 Å². The highest BCUT2D eigenvalue weighted by Crippen LogP contribution is 2.44. The van der Waals surface area contributed by atoms with Gasteiger partial charge in [-0.05, 0) is 35.2 Å². The Morgan fingerprint density at radius 2 is 1.63 bits per heavy atom. The van der Waals surface area contributed by atoms with E-state index >= 15 is 0 Å². The molecule has 0 saturated carbocycles. The molecule has 108 valence electrons. The van der Waals surface area contributed by atoms with Crippen molar-refractivity contribution in [3.05, 3.63) is 35.9 Å². The molecule has 0 aliphatic carbocycles. The van der Waals surface area contributed by atoms with Crippen LogP contribution in [0.2, 0.25) is 0 Å². The summed E-state index contributed by atoms with van der Waals surface area (Å²) >= 11 is 0. The van der Waals surface area contributed by atoms with E-state index in [0.29, 0.717) is 16.7 Å². The van der Waals surface area contributed by atoms with Crippen LogP contribution in [0.1, 0.15) is 58.9 Å². The molecule has 0 aromatic heterocycles. The van der Waals surface area contributed by atoms with Crippen LogP contribution < -0.4 is 0 Å². The molecule has 0 spiro atoms. The van der Waals surface area contributed by atoms with Gasteiger partial charge in [-0.1, -0.05) is 65.0 Å². The van der Waals surface area contributed by atoms with Gasteiger partial charge in [0.2, 0.25) is 0 Å². The van der Waals surface area contributed by atoms with Crippen LogP contribution in [0, 0.1) is 10.8 Å². The Labute approximate surface area is 122 Å². The van der Waals surface area contributed by atoms with Gasteiger partial charge in [-0.3, -0.25) is 0 Å². The van der Waals surface area contributed by atoms with E-state index in [4.69, 9.17) is 4.43 Å². The highest BCUT2D eigenvalue weighted by atomic mass is 28.2. The van der Waals surface area contributed by atoms with Gasteiger partial charge in [0.05, 0.1) is 0 Å². The molecule has 0 fully saturated rings. The minimum absolute atomic E-state index is 0.292. The van der Waals surface area contributed by atoms with Gasteiger partial charge in [0.1, 0.15) is 10.5 Å². The van der Waals surface area contributed by atoms with Crippen molar-refractivity contribution in [1.82, 2.24) is 0 Å². The molecule has 0 saturated heterocycles. The second-order valence-corrected chi connectivity index (χ2v) is 8.02. The summed E-state index contributed by atoms with van der Waals surface area (Å²) in [5.74, 6) is 0.595. The normalized spacial score (nSPS) is 14.6. The monoisotopic (exact) mass is 278 g/mol. The first-order valence-corrected chi connectivity index (χ1v) is 8.12. The first kappa shape index (κ1) is 16.5. The zero-order valence-electron chi connectivity index (χ0n) is 13.5. The van der Waals surface area contributed by atoms with Gasteiger partial charge < -0.3 is 4.43 Å². The van der Waals surface area contributed by atoms with E-state index in [1.54, 1.807) is 0 Å². The molecule has 19 heavy (non-hydrogen) atoms.